The molecule has 114 valence electrons. The van der Waals surface area contributed by atoms with Gasteiger partial charge < -0.3 is 10.6 Å². The van der Waals surface area contributed by atoms with E-state index in [1.807, 2.05) is 0 Å². The maximum atomic E-state index is 5.99. The summed E-state index contributed by atoms with van der Waals surface area (Å²) in [5.74, 6) is 0.648. The number of aliphatic imine (C=N–C) groups is 1. The zero-order chi connectivity index (χ0) is 14.4. The molecule has 0 saturated heterocycles. The number of nitrogens with zero attached hydrogens (tertiary/aromatic N) is 2. The average Bonchev–Trinajstić information content (AvgIpc) is 2.49. The monoisotopic (exact) mass is 397 g/mol. The molecule has 0 unspecified atom stereocenters. The number of nitrogens with two attached hydrogens (primary N) is 1. The molecule has 21 heavy (non-hydrogen) atoms. The predicted octanol–water partition coefficient (Wildman–Crippen LogP) is 3.66. The molecule has 0 saturated carbocycles. The number of fused-ring (bicyclic) bond motifs is 1. The molecule has 4 heteroatoms. The first kappa shape index (κ1) is 17.8. The zero-order valence-corrected chi connectivity index (χ0v) is 15.1. The maximum absolute atomic E-state index is 5.99. The molecule has 0 aliphatic carbocycles. The number of rotatable bonds is 5. The van der Waals surface area contributed by atoms with Crippen molar-refractivity contribution >= 4 is 40.7 Å². The third-order valence-electron chi connectivity index (χ3n) is 3.62. The highest BCUT2D eigenvalue weighted by Gasteiger charge is 2.03. The largest absolute Gasteiger partial charge is 0.370 e. The van der Waals surface area contributed by atoms with Crippen molar-refractivity contribution in [2.24, 2.45) is 10.7 Å². The molecule has 0 aliphatic heterocycles. The predicted molar refractivity (Wildman–Crippen MR) is 102 cm³/mol. The van der Waals surface area contributed by atoms with Crippen molar-refractivity contribution in [3.8, 4) is 0 Å². The summed E-state index contributed by atoms with van der Waals surface area (Å²) < 4.78 is 0. The van der Waals surface area contributed by atoms with E-state index in [4.69, 9.17) is 5.73 Å². The van der Waals surface area contributed by atoms with Crippen molar-refractivity contribution in [1.82, 2.24) is 4.90 Å². The van der Waals surface area contributed by atoms with Crippen molar-refractivity contribution in [3.63, 3.8) is 0 Å². The molecule has 0 aromatic heterocycles. The van der Waals surface area contributed by atoms with Crippen LogP contribution in [0.2, 0.25) is 0 Å². The van der Waals surface area contributed by atoms with Gasteiger partial charge in [0.15, 0.2) is 5.96 Å². The second kappa shape index (κ2) is 8.87. The van der Waals surface area contributed by atoms with E-state index < -0.39 is 0 Å². The molecule has 0 bridgehead atoms. The van der Waals surface area contributed by atoms with Gasteiger partial charge in [-0.15, -0.1) is 24.0 Å². The molecule has 2 aromatic rings. The van der Waals surface area contributed by atoms with Crippen molar-refractivity contribution in [2.75, 3.05) is 19.6 Å². The van der Waals surface area contributed by atoms with Crippen LogP contribution in [0.3, 0.4) is 0 Å². The Kier molecular flexibility index (Phi) is 7.50. The molecular formula is C17H24IN3. The van der Waals surface area contributed by atoms with Gasteiger partial charge in [0.1, 0.15) is 0 Å². The van der Waals surface area contributed by atoms with Gasteiger partial charge in [0.2, 0.25) is 0 Å². The standard InChI is InChI=1S/C17H23N3.HI/c1-3-20(4-2)17(18)19-13-12-15-10-7-9-14-8-5-6-11-16(14)15;/h5-11H,3-4,12-13H2,1-2H3,(H2,18,19);1H. The molecule has 0 fully saturated rings. The number of halogens is 1. The SMILES string of the molecule is CCN(CC)C(N)=NCCc1cccc2ccccc12.I. The van der Waals surface area contributed by atoms with Gasteiger partial charge in [0.05, 0.1) is 0 Å². The van der Waals surface area contributed by atoms with E-state index in [2.05, 4.69) is 66.2 Å². The lowest BCUT2D eigenvalue weighted by Crippen LogP contribution is -2.37. The molecule has 0 radical (unpaired) electrons. The fraction of sp³-hybridized carbons (Fsp3) is 0.353. The Labute approximate surface area is 144 Å². The molecule has 0 heterocycles. The van der Waals surface area contributed by atoms with Crippen molar-refractivity contribution in [2.45, 2.75) is 20.3 Å². The quantitative estimate of drug-likeness (QED) is 0.475. The molecule has 0 aliphatic rings. The normalized spacial score (nSPS) is 11.2. The van der Waals surface area contributed by atoms with E-state index in [1.54, 1.807) is 0 Å². The Hall–Kier alpha value is -1.30. The van der Waals surface area contributed by atoms with Crippen LogP contribution in [0.25, 0.3) is 10.8 Å². The van der Waals surface area contributed by atoms with Crippen LogP contribution in [0.15, 0.2) is 47.5 Å². The van der Waals surface area contributed by atoms with E-state index in [0.717, 1.165) is 26.1 Å². The first-order valence-corrected chi connectivity index (χ1v) is 7.27. The van der Waals surface area contributed by atoms with Crippen LogP contribution in [-0.4, -0.2) is 30.5 Å². The summed E-state index contributed by atoms with van der Waals surface area (Å²) in [7, 11) is 0. The van der Waals surface area contributed by atoms with E-state index in [0.29, 0.717) is 5.96 Å². The van der Waals surface area contributed by atoms with E-state index in [9.17, 15) is 0 Å². The summed E-state index contributed by atoms with van der Waals surface area (Å²) in [6, 6.07) is 14.9. The van der Waals surface area contributed by atoms with Gasteiger partial charge in [-0.1, -0.05) is 42.5 Å². The van der Waals surface area contributed by atoms with Gasteiger partial charge in [-0.2, -0.15) is 0 Å². The van der Waals surface area contributed by atoms with Gasteiger partial charge in [-0.3, -0.25) is 4.99 Å². The lowest BCUT2D eigenvalue weighted by molar-refractivity contribution is 0.458. The van der Waals surface area contributed by atoms with Gasteiger partial charge in [-0.25, -0.2) is 0 Å². The molecule has 0 atom stereocenters. The first-order chi connectivity index (χ1) is 9.76. The van der Waals surface area contributed by atoms with E-state index >= 15 is 0 Å². The third-order valence-corrected chi connectivity index (χ3v) is 3.62. The number of hydrogen-bond acceptors (Lipinski definition) is 1. The summed E-state index contributed by atoms with van der Waals surface area (Å²) in [6.45, 7) is 6.73. The Balaban J connectivity index is 0.00000220. The highest BCUT2D eigenvalue weighted by atomic mass is 127. The molecule has 2 aromatic carbocycles. The number of hydrogen-bond donors (Lipinski definition) is 1. The number of guanidine groups is 1. The van der Waals surface area contributed by atoms with Crippen LogP contribution in [-0.2, 0) is 6.42 Å². The molecule has 3 nitrogen and oxygen atoms in total. The van der Waals surface area contributed by atoms with Crippen LogP contribution >= 0.6 is 24.0 Å². The Morgan fingerprint density at radius 3 is 2.43 bits per heavy atom. The summed E-state index contributed by atoms with van der Waals surface area (Å²) in [5.41, 5.74) is 7.32. The van der Waals surface area contributed by atoms with E-state index in [-0.39, 0.29) is 24.0 Å². The molecule has 2 N–H and O–H groups in total. The second-order valence-electron chi connectivity index (χ2n) is 4.80. The highest BCUT2D eigenvalue weighted by molar-refractivity contribution is 14.0. The van der Waals surface area contributed by atoms with Crippen LogP contribution in [0.1, 0.15) is 19.4 Å². The van der Waals surface area contributed by atoms with Crippen molar-refractivity contribution < 1.29 is 0 Å². The fourth-order valence-electron chi connectivity index (χ4n) is 2.45. The fourth-order valence-corrected chi connectivity index (χ4v) is 2.45. The minimum absolute atomic E-state index is 0. The van der Waals surface area contributed by atoms with Crippen molar-refractivity contribution in [3.05, 3.63) is 48.0 Å². The zero-order valence-electron chi connectivity index (χ0n) is 12.7. The van der Waals surface area contributed by atoms with Gasteiger partial charge in [0.25, 0.3) is 0 Å². The molecule has 0 spiro atoms. The molecule has 0 amide bonds. The second-order valence-corrected chi connectivity index (χ2v) is 4.80. The Bertz CT molecular complexity index is 586. The Morgan fingerprint density at radius 2 is 1.71 bits per heavy atom. The maximum Gasteiger partial charge on any atom is 0.191 e. The van der Waals surface area contributed by atoms with Crippen LogP contribution in [0, 0.1) is 0 Å². The smallest absolute Gasteiger partial charge is 0.191 e. The lowest BCUT2D eigenvalue weighted by Gasteiger charge is -2.19. The summed E-state index contributed by atoms with van der Waals surface area (Å²) >= 11 is 0. The van der Waals surface area contributed by atoms with Gasteiger partial charge >= 0.3 is 0 Å². The van der Waals surface area contributed by atoms with Crippen LogP contribution in [0.4, 0.5) is 0 Å². The summed E-state index contributed by atoms with van der Waals surface area (Å²) in [4.78, 5) is 6.56. The minimum Gasteiger partial charge on any atom is -0.370 e. The van der Waals surface area contributed by atoms with E-state index in [1.165, 1.54) is 16.3 Å². The Morgan fingerprint density at radius 1 is 1.05 bits per heavy atom. The topological polar surface area (TPSA) is 41.6 Å². The number of benzene rings is 2. The van der Waals surface area contributed by atoms with Crippen LogP contribution < -0.4 is 5.73 Å². The summed E-state index contributed by atoms with van der Waals surface area (Å²) in [5, 5.41) is 2.59. The first-order valence-electron chi connectivity index (χ1n) is 7.27. The minimum atomic E-state index is 0. The summed E-state index contributed by atoms with van der Waals surface area (Å²) in [6.07, 6.45) is 0.920. The lowest BCUT2D eigenvalue weighted by atomic mass is 10.0. The van der Waals surface area contributed by atoms with Gasteiger partial charge in [-0.05, 0) is 36.6 Å². The molecular weight excluding hydrogens is 373 g/mol. The third kappa shape index (κ3) is 4.59. The molecule has 2 rings (SSSR count). The van der Waals surface area contributed by atoms with Gasteiger partial charge in [0, 0.05) is 19.6 Å². The van der Waals surface area contributed by atoms with Crippen LogP contribution in [0.5, 0.6) is 0 Å². The average molecular weight is 397 g/mol. The highest BCUT2D eigenvalue weighted by Crippen LogP contribution is 2.18. The van der Waals surface area contributed by atoms with Crippen molar-refractivity contribution in [1.29, 1.82) is 0 Å².